The van der Waals surface area contributed by atoms with Crippen LogP contribution >= 0.6 is 22.7 Å². The first-order valence-corrected chi connectivity index (χ1v) is 9.28. The first kappa shape index (κ1) is 14.1. The molecule has 0 spiro atoms. The minimum atomic E-state index is 0.465. The number of aromatic nitrogens is 2. The Morgan fingerprint density at radius 3 is 3.09 bits per heavy atom. The summed E-state index contributed by atoms with van der Waals surface area (Å²) < 4.78 is 5.46. The molecule has 4 nitrogen and oxygen atoms in total. The lowest BCUT2D eigenvalue weighted by Gasteiger charge is -2.34. The van der Waals surface area contributed by atoms with Gasteiger partial charge in [0, 0.05) is 17.5 Å². The van der Waals surface area contributed by atoms with E-state index < -0.39 is 0 Å². The maximum Gasteiger partial charge on any atom is 0.241 e. The van der Waals surface area contributed by atoms with Gasteiger partial charge in [0.1, 0.15) is 0 Å². The van der Waals surface area contributed by atoms with Crippen molar-refractivity contribution in [2.45, 2.75) is 32.4 Å². The Labute approximate surface area is 137 Å². The molecule has 0 aromatic carbocycles. The summed E-state index contributed by atoms with van der Waals surface area (Å²) in [4.78, 5) is 9.60. The Hall–Kier alpha value is -1.50. The Bertz CT molecular complexity index is 747. The maximum absolute atomic E-state index is 5.46. The van der Waals surface area contributed by atoms with Crippen molar-refractivity contribution in [2.24, 2.45) is 0 Å². The molecule has 22 heavy (non-hydrogen) atoms. The van der Waals surface area contributed by atoms with Crippen molar-refractivity contribution in [2.75, 3.05) is 6.54 Å². The van der Waals surface area contributed by atoms with Gasteiger partial charge in [-0.15, -0.1) is 22.7 Å². The van der Waals surface area contributed by atoms with Gasteiger partial charge in [0.25, 0.3) is 0 Å². The molecule has 4 heterocycles. The topological polar surface area (TPSA) is 42.2 Å². The van der Waals surface area contributed by atoms with Crippen LogP contribution < -0.4 is 0 Å². The molecule has 1 aliphatic rings. The molecule has 4 rings (SSSR count). The van der Waals surface area contributed by atoms with Gasteiger partial charge in [-0.1, -0.05) is 18.1 Å². The number of fused-ring (bicyclic) bond motifs is 1. The summed E-state index contributed by atoms with van der Waals surface area (Å²) in [5.41, 5.74) is 1.48. The van der Waals surface area contributed by atoms with Gasteiger partial charge in [0.05, 0.1) is 11.4 Å². The van der Waals surface area contributed by atoms with Gasteiger partial charge < -0.3 is 4.52 Å². The van der Waals surface area contributed by atoms with Gasteiger partial charge in [0.15, 0.2) is 0 Å². The molecular weight excluding hydrogens is 314 g/mol. The van der Waals surface area contributed by atoms with Crippen LogP contribution in [0.2, 0.25) is 0 Å². The fourth-order valence-corrected chi connectivity index (χ4v) is 4.69. The lowest BCUT2D eigenvalue weighted by atomic mass is 9.98. The predicted molar refractivity (Wildman–Crippen MR) is 89.1 cm³/mol. The number of hydrogen-bond donors (Lipinski definition) is 0. The lowest BCUT2D eigenvalue weighted by molar-refractivity contribution is 0.151. The third-order valence-corrected chi connectivity index (χ3v) is 6.00. The molecule has 1 aliphatic heterocycles. The minimum absolute atomic E-state index is 0.465. The van der Waals surface area contributed by atoms with E-state index in [0.29, 0.717) is 17.8 Å². The van der Waals surface area contributed by atoms with E-state index in [2.05, 4.69) is 33.4 Å². The van der Waals surface area contributed by atoms with Crippen LogP contribution in [0.25, 0.3) is 10.7 Å². The highest BCUT2D eigenvalue weighted by molar-refractivity contribution is 7.13. The molecule has 0 saturated heterocycles. The molecule has 0 saturated carbocycles. The molecule has 3 aromatic rings. The van der Waals surface area contributed by atoms with Crippen LogP contribution in [-0.4, -0.2) is 21.6 Å². The SMILES string of the molecule is CCC1c2ccsc2CCN1Cc1nc(-c2cccs2)no1. The van der Waals surface area contributed by atoms with Gasteiger partial charge in [-0.2, -0.15) is 4.98 Å². The zero-order chi connectivity index (χ0) is 14.9. The third-order valence-electron chi connectivity index (χ3n) is 4.14. The molecule has 0 radical (unpaired) electrons. The van der Waals surface area contributed by atoms with Gasteiger partial charge in [0.2, 0.25) is 11.7 Å². The standard InChI is InChI=1S/C16H17N3OS2/c1-2-12-11-6-9-22-13(11)5-7-19(12)10-15-17-16(18-20-15)14-4-3-8-21-14/h3-4,6,8-9,12H,2,5,7,10H2,1H3. The van der Waals surface area contributed by atoms with Crippen LogP contribution in [0.5, 0.6) is 0 Å². The fourth-order valence-electron chi connectivity index (χ4n) is 3.11. The van der Waals surface area contributed by atoms with Gasteiger partial charge >= 0.3 is 0 Å². The molecule has 0 bridgehead atoms. The van der Waals surface area contributed by atoms with Gasteiger partial charge in [-0.3, -0.25) is 4.90 Å². The van der Waals surface area contributed by atoms with E-state index in [-0.39, 0.29) is 0 Å². The third kappa shape index (κ3) is 2.51. The van der Waals surface area contributed by atoms with Crippen molar-refractivity contribution in [1.29, 1.82) is 0 Å². The monoisotopic (exact) mass is 331 g/mol. The summed E-state index contributed by atoms with van der Waals surface area (Å²) in [5.74, 6) is 1.41. The normalized spacial score (nSPS) is 18.5. The van der Waals surface area contributed by atoms with E-state index >= 15 is 0 Å². The van der Waals surface area contributed by atoms with Crippen LogP contribution in [-0.2, 0) is 13.0 Å². The van der Waals surface area contributed by atoms with Crippen LogP contribution in [0.3, 0.4) is 0 Å². The highest BCUT2D eigenvalue weighted by Crippen LogP contribution is 2.36. The molecule has 3 aromatic heterocycles. The molecule has 114 valence electrons. The highest BCUT2D eigenvalue weighted by atomic mass is 32.1. The van der Waals surface area contributed by atoms with E-state index in [0.717, 1.165) is 30.8 Å². The van der Waals surface area contributed by atoms with Crippen molar-refractivity contribution < 1.29 is 4.52 Å². The quantitative estimate of drug-likeness (QED) is 0.712. The average Bonchev–Trinajstić information content (AvgIpc) is 3.27. The van der Waals surface area contributed by atoms with E-state index in [1.54, 1.807) is 11.3 Å². The van der Waals surface area contributed by atoms with E-state index in [1.807, 2.05) is 28.8 Å². The summed E-state index contributed by atoms with van der Waals surface area (Å²) in [5, 5.41) is 8.34. The molecule has 0 amide bonds. The second-order valence-electron chi connectivity index (χ2n) is 5.43. The zero-order valence-electron chi connectivity index (χ0n) is 12.4. The van der Waals surface area contributed by atoms with E-state index in [1.165, 1.54) is 10.4 Å². The number of rotatable bonds is 4. The Morgan fingerprint density at radius 2 is 2.27 bits per heavy atom. The molecule has 0 N–H and O–H groups in total. The molecular formula is C16H17N3OS2. The van der Waals surface area contributed by atoms with Gasteiger partial charge in [-0.05, 0) is 41.3 Å². The summed E-state index contributed by atoms with van der Waals surface area (Å²) >= 11 is 3.51. The van der Waals surface area contributed by atoms with Crippen molar-refractivity contribution >= 4 is 22.7 Å². The molecule has 1 atom stereocenters. The molecule has 0 aliphatic carbocycles. The largest absolute Gasteiger partial charge is 0.338 e. The summed E-state index contributed by atoms with van der Waals surface area (Å²) in [6.07, 6.45) is 2.23. The summed E-state index contributed by atoms with van der Waals surface area (Å²) in [6.45, 7) is 4.03. The lowest BCUT2D eigenvalue weighted by Crippen LogP contribution is -2.34. The smallest absolute Gasteiger partial charge is 0.241 e. The second-order valence-corrected chi connectivity index (χ2v) is 7.38. The average molecular weight is 331 g/mol. The fraction of sp³-hybridized carbons (Fsp3) is 0.375. The first-order chi connectivity index (χ1) is 10.8. The molecule has 0 fully saturated rings. The van der Waals surface area contributed by atoms with Gasteiger partial charge in [-0.25, -0.2) is 0 Å². The zero-order valence-corrected chi connectivity index (χ0v) is 14.0. The van der Waals surface area contributed by atoms with Crippen molar-refractivity contribution in [1.82, 2.24) is 15.0 Å². The van der Waals surface area contributed by atoms with E-state index in [9.17, 15) is 0 Å². The Balaban J connectivity index is 1.54. The number of thiophene rings is 2. The number of hydrogen-bond acceptors (Lipinski definition) is 6. The van der Waals surface area contributed by atoms with Crippen molar-refractivity contribution in [3.8, 4) is 10.7 Å². The molecule has 1 unspecified atom stereocenters. The number of nitrogens with zero attached hydrogens (tertiary/aromatic N) is 3. The van der Waals surface area contributed by atoms with Crippen LogP contribution in [0.15, 0.2) is 33.5 Å². The van der Waals surface area contributed by atoms with Crippen molar-refractivity contribution in [3.05, 3.63) is 45.3 Å². The minimum Gasteiger partial charge on any atom is -0.338 e. The Kier molecular flexibility index (Phi) is 3.82. The second kappa shape index (κ2) is 5.95. The maximum atomic E-state index is 5.46. The van der Waals surface area contributed by atoms with Crippen LogP contribution in [0.4, 0.5) is 0 Å². The van der Waals surface area contributed by atoms with E-state index in [4.69, 9.17) is 4.52 Å². The van der Waals surface area contributed by atoms with Crippen LogP contribution in [0.1, 0.15) is 35.7 Å². The summed E-state index contributed by atoms with van der Waals surface area (Å²) in [7, 11) is 0. The Morgan fingerprint density at radius 1 is 1.32 bits per heavy atom. The predicted octanol–water partition coefficient (Wildman–Crippen LogP) is 4.37. The highest BCUT2D eigenvalue weighted by Gasteiger charge is 2.28. The summed E-state index contributed by atoms with van der Waals surface area (Å²) in [6, 6.07) is 6.76. The van der Waals surface area contributed by atoms with Crippen molar-refractivity contribution in [3.63, 3.8) is 0 Å². The molecule has 6 heteroatoms. The first-order valence-electron chi connectivity index (χ1n) is 7.52. The van der Waals surface area contributed by atoms with Crippen LogP contribution in [0, 0.1) is 0 Å².